The van der Waals surface area contributed by atoms with Crippen LogP contribution in [-0.2, 0) is 11.3 Å². The second kappa shape index (κ2) is 8.55. The lowest BCUT2D eigenvalue weighted by Crippen LogP contribution is -2.19. The van der Waals surface area contributed by atoms with Gasteiger partial charge in [-0.1, -0.05) is 23.5 Å². The number of aromatic nitrogens is 1. The molecular weight excluding hydrogens is 434 g/mol. The molecule has 3 aromatic rings. The van der Waals surface area contributed by atoms with Crippen molar-refractivity contribution in [1.82, 2.24) is 4.57 Å². The van der Waals surface area contributed by atoms with Crippen molar-refractivity contribution < 1.29 is 14.5 Å². The van der Waals surface area contributed by atoms with Crippen molar-refractivity contribution >= 4 is 49.1 Å². The Morgan fingerprint density at radius 1 is 1.33 bits per heavy atom. The van der Waals surface area contributed by atoms with Crippen LogP contribution >= 0.6 is 27.3 Å². The summed E-state index contributed by atoms with van der Waals surface area (Å²) >= 11 is 4.60. The molecule has 0 aliphatic rings. The predicted octanol–water partition coefficient (Wildman–Crippen LogP) is 4.15. The van der Waals surface area contributed by atoms with E-state index in [1.807, 2.05) is 17.6 Å². The molecule has 0 fully saturated rings. The predicted molar refractivity (Wildman–Crippen MR) is 107 cm³/mol. The van der Waals surface area contributed by atoms with E-state index in [1.165, 1.54) is 23.5 Å². The summed E-state index contributed by atoms with van der Waals surface area (Å²) in [6.07, 6.45) is 0. The van der Waals surface area contributed by atoms with Crippen LogP contribution in [0.5, 0.6) is 0 Å². The maximum absolute atomic E-state index is 12.6. The quantitative estimate of drug-likeness (QED) is 0.321. The lowest BCUT2D eigenvalue weighted by atomic mass is 10.2. The van der Waals surface area contributed by atoms with Crippen molar-refractivity contribution in [2.45, 2.75) is 13.5 Å². The monoisotopic (exact) mass is 449 g/mol. The molecule has 27 heavy (non-hydrogen) atoms. The molecule has 0 spiro atoms. The molecule has 0 aliphatic carbocycles. The van der Waals surface area contributed by atoms with Gasteiger partial charge in [0.15, 0.2) is 4.80 Å². The number of benzene rings is 2. The second-order valence-electron chi connectivity index (χ2n) is 5.54. The zero-order valence-electron chi connectivity index (χ0n) is 14.4. The fourth-order valence-electron chi connectivity index (χ4n) is 2.56. The highest BCUT2D eigenvalue weighted by atomic mass is 79.9. The van der Waals surface area contributed by atoms with Crippen LogP contribution in [0.4, 0.5) is 5.69 Å². The molecule has 1 aromatic heterocycles. The number of nitro benzene ring substituents is 1. The van der Waals surface area contributed by atoms with Crippen LogP contribution in [0.15, 0.2) is 51.9 Å². The second-order valence-corrected chi connectivity index (χ2v) is 7.40. The number of hydrogen-bond acceptors (Lipinski definition) is 5. The minimum atomic E-state index is -0.438. The van der Waals surface area contributed by atoms with E-state index in [-0.39, 0.29) is 11.6 Å². The molecule has 0 saturated carbocycles. The van der Waals surface area contributed by atoms with Crippen molar-refractivity contribution in [2.75, 3.05) is 13.2 Å². The minimum Gasteiger partial charge on any atom is -0.380 e. The molecular formula is C18H16BrN3O4S. The van der Waals surface area contributed by atoms with E-state index in [9.17, 15) is 14.9 Å². The minimum absolute atomic E-state index is 0.00406. The number of fused-ring (bicyclic) bond motifs is 1. The van der Waals surface area contributed by atoms with Gasteiger partial charge in [0.1, 0.15) is 0 Å². The number of carbonyl (C=O) groups is 1. The number of non-ortho nitro benzene ring substituents is 1. The van der Waals surface area contributed by atoms with Crippen LogP contribution in [0.2, 0.25) is 0 Å². The van der Waals surface area contributed by atoms with E-state index in [2.05, 4.69) is 20.9 Å². The summed E-state index contributed by atoms with van der Waals surface area (Å²) in [5.74, 6) is -0.381. The molecule has 0 atom stereocenters. The molecule has 0 bridgehead atoms. The Balaban J connectivity index is 2.11. The van der Waals surface area contributed by atoms with Gasteiger partial charge in [0.05, 0.1) is 27.3 Å². The first-order valence-corrected chi connectivity index (χ1v) is 9.81. The molecule has 0 aliphatic heterocycles. The van der Waals surface area contributed by atoms with Gasteiger partial charge in [0, 0.05) is 29.8 Å². The summed E-state index contributed by atoms with van der Waals surface area (Å²) in [7, 11) is 0. The maximum Gasteiger partial charge on any atom is 0.280 e. The molecule has 2 aromatic carbocycles. The van der Waals surface area contributed by atoms with Gasteiger partial charge in [-0.15, -0.1) is 0 Å². The van der Waals surface area contributed by atoms with E-state index >= 15 is 0 Å². The average molecular weight is 450 g/mol. The number of ether oxygens (including phenoxy) is 1. The van der Waals surface area contributed by atoms with Crippen LogP contribution in [-0.4, -0.2) is 28.6 Å². The van der Waals surface area contributed by atoms with Gasteiger partial charge < -0.3 is 9.30 Å². The van der Waals surface area contributed by atoms with E-state index < -0.39 is 4.92 Å². The Hall–Kier alpha value is -2.36. The molecule has 9 heteroatoms. The summed E-state index contributed by atoms with van der Waals surface area (Å²) in [4.78, 5) is 28.0. The van der Waals surface area contributed by atoms with E-state index in [0.29, 0.717) is 39.3 Å². The number of nitro groups is 1. The first kappa shape index (κ1) is 19.4. The molecule has 3 rings (SSSR count). The van der Waals surface area contributed by atoms with Crippen molar-refractivity contribution in [3.05, 3.63) is 67.4 Å². The molecule has 0 radical (unpaired) electrons. The van der Waals surface area contributed by atoms with Crippen molar-refractivity contribution in [2.24, 2.45) is 4.99 Å². The number of halogens is 1. The highest BCUT2D eigenvalue weighted by molar-refractivity contribution is 9.10. The zero-order chi connectivity index (χ0) is 19.4. The summed E-state index contributed by atoms with van der Waals surface area (Å²) < 4.78 is 8.64. The highest BCUT2D eigenvalue weighted by Gasteiger charge is 2.14. The van der Waals surface area contributed by atoms with Crippen LogP contribution in [0.3, 0.4) is 0 Å². The van der Waals surface area contributed by atoms with E-state index in [0.717, 1.165) is 5.52 Å². The van der Waals surface area contributed by atoms with Gasteiger partial charge in [-0.25, -0.2) is 0 Å². The Morgan fingerprint density at radius 3 is 2.81 bits per heavy atom. The van der Waals surface area contributed by atoms with Gasteiger partial charge in [0.2, 0.25) is 0 Å². The van der Waals surface area contributed by atoms with Crippen LogP contribution in [0.1, 0.15) is 17.3 Å². The highest BCUT2D eigenvalue weighted by Crippen LogP contribution is 2.23. The lowest BCUT2D eigenvalue weighted by molar-refractivity contribution is -0.384. The molecule has 1 heterocycles. The third-order valence-corrected chi connectivity index (χ3v) is 5.57. The molecule has 7 nitrogen and oxygen atoms in total. The normalized spacial score (nSPS) is 11.9. The summed E-state index contributed by atoms with van der Waals surface area (Å²) in [5.41, 5.74) is 1.24. The molecule has 140 valence electrons. The smallest absolute Gasteiger partial charge is 0.280 e. The summed E-state index contributed by atoms with van der Waals surface area (Å²) in [5, 5.41) is 11.0. The topological polar surface area (TPSA) is 86.7 Å². The Kier molecular flexibility index (Phi) is 6.15. The van der Waals surface area contributed by atoms with Crippen LogP contribution < -0.4 is 4.80 Å². The third-order valence-electron chi connectivity index (χ3n) is 3.84. The summed E-state index contributed by atoms with van der Waals surface area (Å²) in [6.45, 7) is 3.43. The first-order valence-electron chi connectivity index (χ1n) is 8.20. The third kappa shape index (κ3) is 4.32. The first-order chi connectivity index (χ1) is 13.0. The standard InChI is InChI=1S/C18H16BrN3O4S/c1-2-26-10-9-21-15-8-7-12(22(24)25)11-16(15)27-18(21)20-17(23)13-5-3-4-6-14(13)19/h3-8,11H,2,9-10H2,1H3. The fourth-order valence-corrected chi connectivity index (χ4v) is 4.10. The molecule has 1 amide bonds. The fraction of sp³-hybridized carbons (Fsp3) is 0.222. The Labute approximate surface area is 167 Å². The van der Waals surface area contributed by atoms with E-state index in [1.54, 1.807) is 24.3 Å². The number of hydrogen-bond donors (Lipinski definition) is 0. The number of rotatable bonds is 6. The van der Waals surface area contributed by atoms with Crippen LogP contribution in [0.25, 0.3) is 10.2 Å². The maximum atomic E-state index is 12.6. The Morgan fingerprint density at radius 2 is 2.11 bits per heavy atom. The van der Waals surface area contributed by atoms with Crippen molar-refractivity contribution in [3.8, 4) is 0 Å². The lowest BCUT2D eigenvalue weighted by Gasteiger charge is -2.05. The largest absolute Gasteiger partial charge is 0.380 e. The van der Waals surface area contributed by atoms with Crippen molar-refractivity contribution in [3.63, 3.8) is 0 Å². The number of nitrogens with zero attached hydrogens (tertiary/aromatic N) is 3. The van der Waals surface area contributed by atoms with Gasteiger partial charge >= 0.3 is 0 Å². The molecule has 0 N–H and O–H groups in total. The van der Waals surface area contributed by atoms with Gasteiger partial charge in [-0.2, -0.15) is 4.99 Å². The van der Waals surface area contributed by atoms with Gasteiger partial charge in [-0.3, -0.25) is 14.9 Å². The SMILES string of the molecule is CCOCCn1c(=NC(=O)c2ccccc2Br)sc2cc([N+](=O)[O-])ccc21. The molecule has 0 saturated heterocycles. The average Bonchev–Trinajstić information content (AvgIpc) is 2.98. The van der Waals surface area contributed by atoms with E-state index in [4.69, 9.17) is 4.74 Å². The Bertz CT molecular complexity index is 1070. The van der Waals surface area contributed by atoms with Crippen molar-refractivity contribution in [1.29, 1.82) is 0 Å². The number of amides is 1. The number of carbonyl (C=O) groups excluding carboxylic acids is 1. The molecule has 0 unspecified atom stereocenters. The zero-order valence-corrected chi connectivity index (χ0v) is 16.8. The van der Waals surface area contributed by atoms with Crippen LogP contribution in [0, 0.1) is 10.1 Å². The number of thiazole rings is 1. The van der Waals surface area contributed by atoms with Gasteiger partial charge in [-0.05, 0) is 41.1 Å². The summed E-state index contributed by atoms with van der Waals surface area (Å²) in [6, 6.07) is 11.7. The van der Waals surface area contributed by atoms with Gasteiger partial charge in [0.25, 0.3) is 11.6 Å².